The molecule has 0 atom stereocenters. The highest BCUT2D eigenvalue weighted by Crippen LogP contribution is 2.37. The van der Waals surface area contributed by atoms with Crippen LogP contribution in [-0.2, 0) is 0 Å². The minimum Gasteiger partial charge on any atom is -0.475 e. The third-order valence-electron chi connectivity index (χ3n) is 2.41. The summed E-state index contributed by atoms with van der Waals surface area (Å²) in [4.78, 5) is 21.1. The van der Waals surface area contributed by atoms with Gasteiger partial charge in [-0.3, -0.25) is 10.1 Å². The molecule has 20 heavy (non-hydrogen) atoms. The second kappa shape index (κ2) is 5.33. The predicted octanol–water partition coefficient (Wildman–Crippen LogP) is 3.75. The largest absolute Gasteiger partial charge is 0.475 e. The average Bonchev–Trinajstić information content (AvgIpc) is 2.80. The second-order valence-corrected chi connectivity index (χ2v) is 4.77. The molecule has 7 nitrogen and oxygen atoms in total. The number of carboxylic acids is 1. The Bertz CT molecular complexity index is 693. The van der Waals surface area contributed by atoms with Crippen LogP contribution >= 0.6 is 15.9 Å². The van der Waals surface area contributed by atoms with Crippen molar-refractivity contribution in [3.8, 4) is 11.7 Å². The summed E-state index contributed by atoms with van der Waals surface area (Å²) in [5, 5.41) is 19.7. The number of nitrogens with zero attached hydrogens (tertiary/aromatic N) is 1. The first-order valence-electron chi connectivity index (χ1n) is 5.34. The number of ether oxygens (including phenoxy) is 1. The SMILES string of the molecule is Cc1cc(Br)cc([N+](=O)[O-])c1Oc1ccc(C(=O)O)o1. The van der Waals surface area contributed by atoms with E-state index in [1.54, 1.807) is 13.0 Å². The summed E-state index contributed by atoms with van der Waals surface area (Å²) in [5.41, 5.74) is 0.268. The Kier molecular flexibility index (Phi) is 3.75. The molecule has 0 fully saturated rings. The van der Waals surface area contributed by atoms with Gasteiger partial charge in [0.2, 0.25) is 11.5 Å². The van der Waals surface area contributed by atoms with Gasteiger partial charge in [0, 0.05) is 22.2 Å². The highest BCUT2D eigenvalue weighted by molar-refractivity contribution is 9.10. The number of hydrogen-bond acceptors (Lipinski definition) is 5. The number of carboxylic acid groups (broad SMARTS) is 1. The summed E-state index contributed by atoms with van der Waals surface area (Å²) < 4.78 is 10.7. The predicted molar refractivity (Wildman–Crippen MR) is 71.3 cm³/mol. The quantitative estimate of drug-likeness (QED) is 0.670. The smallest absolute Gasteiger partial charge is 0.371 e. The maximum Gasteiger partial charge on any atom is 0.371 e. The van der Waals surface area contributed by atoms with Crippen LogP contribution in [0.2, 0.25) is 0 Å². The molecule has 1 heterocycles. The fourth-order valence-electron chi connectivity index (χ4n) is 1.57. The summed E-state index contributed by atoms with van der Waals surface area (Å²) in [7, 11) is 0. The van der Waals surface area contributed by atoms with E-state index in [1.165, 1.54) is 18.2 Å². The molecule has 0 bridgehead atoms. The van der Waals surface area contributed by atoms with Gasteiger partial charge >= 0.3 is 11.7 Å². The third kappa shape index (κ3) is 2.80. The number of benzene rings is 1. The lowest BCUT2D eigenvalue weighted by Crippen LogP contribution is -1.96. The lowest BCUT2D eigenvalue weighted by Gasteiger charge is -2.07. The minimum atomic E-state index is -1.25. The van der Waals surface area contributed by atoms with Gasteiger partial charge in [0.1, 0.15) is 0 Å². The normalized spacial score (nSPS) is 10.3. The van der Waals surface area contributed by atoms with Crippen LogP contribution in [0.4, 0.5) is 5.69 Å². The maximum atomic E-state index is 11.0. The Hall–Kier alpha value is -2.35. The molecule has 0 spiro atoms. The number of aromatic carboxylic acids is 1. The Morgan fingerprint density at radius 3 is 2.70 bits per heavy atom. The fourth-order valence-corrected chi connectivity index (χ4v) is 2.13. The zero-order valence-corrected chi connectivity index (χ0v) is 11.7. The van der Waals surface area contributed by atoms with Gasteiger partial charge < -0.3 is 14.3 Å². The van der Waals surface area contributed by atoms with Crippen molar-refractivity contribution in [2.45, 2.75) is 6.92 Å². The lowest BCUT2D eigenvalue weighted by atomic mass is 10.2. The number of aryl methyl sites for hydroxylation is 1. The van der Waals surface area contributed by atoms with Crippen molar-refractivity contribution >= 4 is 27.6 Å². The topological polar surface area (TPSA) is 103 Å². The number of carbonyl (C=O) groups is 1. The van der Waals surface area contributed by atoms with E-state index in [4.69, 9.17) is 14.3 Å². The van der Waals surface area contributed by atoms with E-state index in [2.05, 4.69) is 15.9 Å². The van der Waals surface area contributed by atoms with E-state index in [0.717, 1.165) is 0 Å². The van der Waals surface area contributed by atoms with Crippen molar-refractivity contribution < 1.29 is 24.0 Å². The maximum absolute atomic E-state index is 11.0. The molecule has 1 aromatic heterocycles. The molecule has 104 valence electrons. The summed E-state index contributed by atoms with van der Waals surface area (Å²) >= 11 is 3.16. The Morgan fingerprint density at radius 1 is 1.45 bits per heavy atom. The highest BCUT2D eigenvalue weighted by atomic mass is 79.9. The van der Waals surface area contributed by atoms with Gasteiger partial charge in [-0.15, -0.1) is 0 Å². The minimum absolute atomic E-state index is 0.00416. The van der Waals surface area contributed by atoms with Gasteiger partial charge in [-0.05, 0) is 19.1 Å². The second-order valence-electron chi connectivity index (χ2n) is 3.85. The molecule has 2 rings (SSSR count). The average molecular weight is 342 g/mol. The van der Waals surface area contributed by atoms with Crippen molar-refractivity contribution in [1.29, 1.82) is 0 Å². The molecular weight excluding hydrogens is 334 g/mol. The fraction of sp³-hybridized carbons (Fsp3) is 0.0833. The zero-order valence-electron chi connectivity index (χ0n) is 10.1. The van der Waals surface area contributed by atoms with Crippen LogP contribution in [0.3, 0.4) is 0 Å². The van der Waals surface area contributed by atoms with Crippen LogP contribution < -0.4 is 4.74 Å². The van der Waals surface area contributed by atoms with Gasteiger partial charge in [0.15, 0.2) is 0 Å². The molecule has 0 radical (unpaired) electrons. The molecule has 0 unspecified atom stereocenters. The van der Waals surface area contributed by atoms with E-state index in [1.807, 2.05) is 0 Å². The van der Waals surface area contributed by atoms with Crippen LogP contribution in [0.5, 0.6) is 11.7 Å². The van der Waals surface area contributed by atoms with Crippen LogP contribution in [0.15, 0.2) is 33.2 Å². The first-order valence-corrected chi connectivity index (χ1v) is 6.13. The van der Waals surface area contributed by atoms with Gasteiger partial charge in [0.25, 0.3) is 5.95 Å². The van der Waals surface area contributed by atoms with Crippen molar-refractivity contribution in [2.75, 3.05) is 0 Å². The number of furan rings is 1. The number of rotatable bonds is 4. The van der Waals surface area contributed by atoms with Crippen LogP contribution in [0.25, 0.3) is 0 Å². The molecule has 0 aliphatic heterocycles. The van der Waals surface area contributed by atoms with Crippen molar-refractivity contribution in [2.24, 2.45) is 0 Å². The highest BCUT2D eigenvalue weighted by Gasteiger charge is 2.21. The Morgan fingerprint density at radius 2 is 2.15 bits per heavy atom. The molecule has 0 aliphatic rings. The number of nitro benzene ring substituents is 1. The van der Waals surface area contributed by atoms with Crippen LogP contribution in [0.1, 0.15) is 16.1 Å². The molecular formula is C12H8BrNO6. The van der Waals surface area contributed by atoms with E-state index >= 15 is 0 Å². The van der Waals surface area contributed by atoms with Crippen LogP contribution in [0, 0.1) is 17.0 Å². The zero-order chi connectivity index (χ0) is 14.9. The van der Waals surface area contributed by atoms with E-state index in [-0.39, 0.29) is 23.1 Å². The lowest BCUT2D eigenvalue weighted by molar-refractivity contribution is -0.385. The summed E-state index contributed by atoms with van der Waals surface area (Å²) in [6.07, 6.45) is 0. The molecule has 1 aromatic carbocycles. The molecule has 8 heteroatoms. The van der Waals surface area contributed by atoms with Crippen molar-refractivity contribution in [3.63, 3.8) is 0 Å². The summed E-state index contributed by atoms with van der Waals surface area (Å²) in [6.45, 7) is 1.63. The van der Waals surface area contributed by atoms with E-state index in [0.29, 0.717) is 10.0 Å². The Labute approximate surface area is 121 Å². The Balaban J connectivity index is 2.41. The number of hydrogen-bond donors (Lipinski definition) is 1. The molecule has 1 N–H and O–H groups in total. The summed E-state index contributed by atoms with van der Waals surface area (Å²) in [5.74, 6) is -1.68. The monoisotopic (exact) mass is 341 g/mol. The van der Waals surface area contributed by atoms with Gasteiger partial charge in [-0.25, -0.2) is 4.79 Å². The molecule has 0 amide bonds. The molecule has 0 saturated heterocycles. The van der Waals surface area contributed by atoms with E-state index in [9.17, 15) is 14.9 Å². The summed E-state index contributed by atoms with van der Waals surface area (Å²) in [6, 6.07) is 5.43. The standard InChI is InChI=1S/C12H8BrNO6/c1-6-4-7(13)5-8(14(17)18)11(6)20-10-3-2-9(19-10)12(15)16/h2-5H,1H3,(H,15,16). The van der Waals surface area contributed by atoms with Crippen molar-refractivity contribution in [3.05, 3.63) is 50.2 Å². The number of nitro groups is 1. The first-order chi connectivity index (χ1) is 9.38. The van der Waals surface area contributed by atoms with Gasteiger partial charge in [-0.1, -0.05) is 15.9 Å². The molecule has 2 aromatic rings. The molecule has 0 aliphatic carbocycles. The number of halogens is 1. The van der Waals surface area contributed by atoms with Gasteiger partial charge in [0.05, 0.1) is 4.92 Å². The van der Waals surface area contributed by atoms with Gasteiger partial charge in [-0.2, -0.15) is 0 Å². The van der Waals surface area contributed by atoms with Crippen LogP contribution in [-0.4, -0.2) is 16.0 Å². The van der Waals surface area contributed by atoms with Crippen molar-refractivity contribution in [1.82, 2.24) is 0 Å². The molecule has 0 saturated carbocycles. The first kappa shape index (κ1) is 14.1. The third-order valence-corrected chi connectivity index (χ3v) is 2.87. The van der Waals surface area contributed by atoms with E-state index < -0.39 is 10.9 Å².